The average Bonchev–Trinajstić information content (AvgIpc) is 3.08. The highest BCUT2D eigenvalue weighted by molar-refractivity contribution is 6.00. The van der Waals surface area contributed by atoms with Crippen molar-refractivity contribution in [2.45, 2.75) is 26.3 Å². The van der Waals surface area contributed by atoms with Gasteiger partial charge in [-0.1, -0.05) is 31.2 Å². The Balaban J connectivity index is 1.58. The first-order chi connectivity index (χ1) is 14.5. The number of hydrazine groups is 1. The maximum absolute atomic E-state index is 13.9. The Morgan fingerprint density at radius 1 is 1.20 bits per heavy atom. The molecule has 3 unspecified atom stereocenters. The molecule has 158 valence electrons. The summed E-state index contributed by atoms with van der Waals surface area (Å²) in [5.74, 6) is -1.32. The summed E-state index contributed by atoms with van der Waals surface area (Å²) in [5.41, 5.74) is 5.00. The molecule has 4 rings (SSSR count). The number of carbonyl (C=O) groups excluding carboxylic acids is 2. The first kappa shape index (κ1) is 20.5. The Labute approximate surface area is 176 Å². The van der Waals surface area contributed by atoms with Gasteiger partial charge in [0.05, 0.1) is 23.6 Å². The van der Waals surface area contributed by atoms with E-state index in [1.54, 1.807) is 24.1 Å². The molecule has 7 heteroatoms. The Hall–Kier alpha value is -2.77. The van der Waals surface area contributed by atoms with Gasteiger partial charge in [0.25, 0.3) is 0 Å². The van der Waals surface area contributed by atoms with Crippen molar-refractivity contribution in [3.8, 4) is 0 Å². The Kier molecular flexibility index (Phi) is 5.83. The molecule has 6 nitrogen and oxygen atoms in total. The van der Waals surface area contributed by atoms with E-state index in [9.17, 15) is 14.0 Å². The van der Waals surface area contributed by atoms with Gasteiger partial charge in [-0.25, -0.2) is 14.8 Å². The number of anilines is 2. The fourth-order valence-corrected chi connectivity index (χ4v) is 4.36. The van der Waals surface area contributed by atoms with Gasteiger partial charge in [-0.05, 0) is 49.7 Å². The number of hydrogen-bond acceptors (Lipinski definition) is 4. The van der Waals surface area contributed by atoms with E-state index in [2.05, 4.69) is 22.6 Å². The van der Waals surface area contributed by atoms with Crippen molar-refractivity contribution in [2.75, 3.05) is 30.0 Å². The zero-order valence-electron chi connectivity index (χ0n) is 17.3. The van der Waals surface area contributed by atoms with Gasteiger partial charge in [-0.2, -0.15) is 0 Å². The maximum atomic E-state index is 13.9. The lowest BCUT2D eigenvalue weighted by atomic mass is 9.84. The van der Waals surface area contributed by atoms with Gasteiger partial charge in [-0.15, -0.1) is 0 Å². The van der Waals surface area contributed by atoms with Crippen LogP contribution in [-0.2, 0) is 9.59 Å². The number of likely N-dealkylation sites (tertiary alicyclic amines) is 1. The molecule has 3 atom stereocenters. The molecule has 2 N–H and O–H groups in total. The second-order valence-corrected chi connectivity index (χ2v) is 8.09. The summed E-state index contributed by atoms with van der Waals surface area (Å²) in [6.07, 6.45) is 0.943. The van der Waals surface area contributed by atoms with E-state index in [1.807, 2.05) is 30.3 Å². The van der Waals surface area contributed by atoms with Crippen molar-refractivity contribution in [3.63, 3.8) is 0 Å². The lowest BCUT2D eigenvalue weighted by molar-refractivity contribution is -0.126. The minimum absolute atomic E-state index is 0.0221. The number of nitrogens with zero attached hydrogens (tertiary/aromatic N) is 2. The van der Waals surface area contributed by atoms with Crippen molar-refractivity contribution >= 4 is 23.2 Å². The van der Waals surface area contributed by atoms with Crippen LogP contribution in [0.25, 0.3) is 0 Å². The third-order valence-electron chi connectivity index (χ3n) is 5.92. The molecule has 2 aliphatic rings. The number of piperidine rings is 1. The van der Waals surface area contributed by atoms with E-state index in [0.717, 1.165) is 18.7 Å². The number of aryl methyl sites for hydroxylation is 1. The quantitative estimate of drug-likeness (QED) is 0.796. The van der Waals surface area contributed by atoms with E-state index >= 15 is 0 Å². The lowest BCUT2D eigenvalue weighted by Crippen LogP contribution is -2.56. The average molecular weight is 410 g/mol. The van der Waals surface area contributed by atoms with E-state index in [0.29, 0.717) is 24.3 Å². The predicted molar refractivity (Wildman–Crippen MR) is 114 cm³/mol. The first-order valence-corrected chi connectivity index (χ1v) is 10.4. The van der Waals surface area contributed by atoms with Crippen LogP contribution >= 0.6 is 0 Å². The zero-order valence-corrected chi connectivity index (χ0v) is 17.3. The Morgan fingerprint density at radius 2 is 1.97 bits per heavy atom. The largest absolute Gasteiger partial charge is 0.326 e. The second kappa shape index (κ2) is 8.53. The van der Waals surface area contributed by atoms with E-state index in [1.165, 1.54) is 6.07 Å². The molecular formula is C23H27FN4O2. The van der Waals surface area contributed by atoms with Gasteiger partial charge in [0.15, 0.2) is 0 Å². The number of rotatable bonds is 5. The van der Waals surface area contributed by atoms with E-state index < -0.39 is 5.92 Å². The van der Waals surface area contributed by atoms with E-state index in [-0.39, 0.29) is 29.6 Å². The van der Waals surface area contributed by atoms with Crippen LogP contribution in [0.5, 0.6) is 0 Å². The molecule has 0 radical (unpaired) electrons. The van der Waals surface area contributed by atoms with Crippen molar-refractivity contribution in [2.24, 2.45) is 11.8 Å². The Morgan fingerprint density at radius 3 is 2.67 bits per heavy atom. The summed E-state index contributed by atoms with van der Waals surface area (Å²) >= 11 is 0. The summed E-state index contributed by atoms with van der Waals surface area (Å²) in [4.78, 5) is 28.5. The van der Waals surface area contributed by atoms with Crippen LogP contribution in [0.4, 0.5) is 15.8 Å². The van der Waals surface area contributed by atoms with Crippen LogP contribution in [0.3, 0.4) is 0 Å². The van der Waals surface area contributed by atoms with Gasteiger partial charge < -0.3 is 10.2 Å². The number of para-hydroxylation sites is 1. The third kappa shape index (κ3) is 3.95. The second-order valence-electron chi connectivity index (χ2n) is 8.09. The molecule has 2 aromatic carbocycles. The molecule has 2 fully saturated rings. The molecule has 0 aromatic heterocycles. The molecule has 30 heavy (non-hydrogen) atoms. The number of fused-ring (bicyclic) bond motifs is 1. The molecule has 2 aromatic rings. The summed E-state index contributed by atoms with van der Waals surface area (Å²) in [6.45, 7) is 5.77. The predicted octanol–water partition coefficient (Wildman–Crippen LogP) is 2.95. The van der Waals surface area contributed by atoms with Crippen LogP contribution in [0, 0.1) is 24.6 Å². The van der Waals surface area contributed by atoms with E-state index in [4.69, 9.17) is 0 Å². The fraction of sp³-hybridized carbons (Fsp3) is 0.391. The van der Waals surface area contributed by atoms with Crippen molar-refractivity contribution in [3.05, 3.63) is 59.9 Å². The van der Waals surface area contributed by atoms with Gasteiger partial charge in [0.1, 0.15) is 5.82 Å². The summed E-state index contributed by atoms with van der Waals surface area (Å²) in [5, 5.41) is 4.42. The number of nitrogens with one attached hydrogen (secondary N) is 2. The highest BCUT2D eigenvalue weighted by Gasteiger charge is 2.50. The van der Waals surface area contributed by atoms with Crippen LogP contribution < -0.4 is 15.8 Å². The molecule has 2 heterocycles. The zero-order chi connectivity index (χ0) is 21.3. The molecule has 0 spiro atoms. The number of hydrogen-bond donors (Lipinski definition) is 2. The fourth-order valence-electron chi connectivity index (χ4n) is 4.36. The summed E-state index contributed by atoms with van der Waals surface area (Å²) in [6, 6.07) is 13.8. The molecule has 0 bridgehead atoms. The number of carbonyl (C=O) groups is 2. The highest BCUT2D eigenvalue weighted by Crippen LogP contribution is 2.32. The topological polar surface area (TPSA) is 64.7 Å². The minimum Gasteiger partial charge on any atom is -0.326 e. The lowest BCUT2D eigenvalue weighted by Gasteiger charge is -2.38. The summed E-state index contributed by atoms with van der Waals surface area (Å²) < 4.78 is 13.9. The SMILES string of the molecule is CCCN1CC(C(=O)Nc2ccc(C)c(F)c2)C2NN(c3ccccc3)C(=O)C2C1. The monoisotopic (exact) mass is 410 g/mol. The molecule has 0 saturated carbocycles. The number of benzene rings is 2. The maximum Gasteiger partial charge on any atom is 0.247 e. The van der Waals surface area contributed by atoms with Crippen LogP contribution in [0.15, 0.2) is 48.5 Å². The van der Waals surface area contributed by atoms with Crippen molar-refractivity contribution < 1.29 is 14.0 Å². The summed E-state index contributed by atoms with van der Waals surface area (Å²) in [7, 11) is 0. The van der Waals surface area contributed by atoms with Crippen LogP contribution in [0.2, 0.25) is 0 Å². The first-order valence-electron chi connectivity index (χ1n) is 10.4. The minimum atomic E-state index is -0.433. The third-order valence-corrected chi connectivity index (χ3v) is 5.92. The Bertz CT molecular complexity index is 936. The molecule has 2 amide bonds. The normalized spacial score (nSPS) is 24.0. The molecule has 0 aliphatic carbocycles. The van der Waals surface area contributed by atoms with Gasteiger partial charge in [-0.3, -0.25) is 9.59 Å². The smallest absolute Gasteiger partial charge is 0.247 e. The van der Waals surface area contributed by atoms with Crippen LogP contribution in [-0.4, -0.2) is 42.4 Å². The van der Waals surface area contributed by atoms with Crippen molar-refractivity contribution in [1.82, 2.24) is 10.3 Å². The van der Waals surface area contributed by atoms with Gasteiger partial charge in [0.2, 0.25) is 11.8 Å². The van der Waals surface area contributed by atoms with Gasteiger partial charge in [0, 0.05) is 18.8 Å². The van der Waals surface area contributed by atoms with Gasteiger partial charge >= 0.3 is 0 Å². The molecule has 2 aliphatic heterocycles. The highest BCUT2D eigenvalue weighted by atomic mass is 19.1. The molecular weight excluding hydrogens is 383 g/mol. The number of amides is 2. The van der Waals surface area contributed by atoms with Crippen LogP contribution in [0.1, 0.15) is 18.9 Å². The number of halogens is 1. The molecule has 2 saturated heterocycles. The standard InChI is InChI=1S/C23H27FN4O2/c1-3-11-27-13-18(22(29)25-16-10-9-15(2)20(24)12-16)21-19(14-27)23(30)28(26-21)17-7-5-4-6-8-17/h4-10,12,18-19,21,26H,3,11,13-14H2,1-2H3,(H,25,29). The van der Waals surface area contributed by atoms with Crippen molar-refractivity contribution in [1.29, 1.82) is 0 Å².